The van der Waals surface area contributed by atoms with Crippen LogP contribution < -0.4 is 10.5 Å². The minimum absolute atomic E-state index is 0.173. The van der Waals surface area contributed by atoms with Crippen LogP contribution in [0.5, 0.6) is 5.75 Å². The van der Waals surface area contributed by atoms with Crippen LogP contribution in [0, 0.1) is 12.7 Å². The van der Waals surface area contributed by atoms with E-state index in [2.05, 4.69) is 4.98 Å². The molecule has 1 aromatic heterocycles. The third-order valence-electron chi connectivity index (χ3n) is 3.31. The lowest BCUT2D eigenvalue weighted by molar-refractivity contribution is 0.387. The van der Waals surface area contributed by atoms with E-state index in [1.54, 1.807) is 10.6 Å². The molecule has 0 saturated heterocycles. The monoisotopic (exact) mass is 271 g/mol. The Morgan fingerprint density at radius 1 is 1.25 bits per heavy atom. The minimum atomic E-state index is -0.450. The number of ether oxygens (including phenoxy) is 1. The topological polar surface area (TPSA) is 53.1 Å². The summed E-state index contributed by atoms with van der Waals surface area (Å²) in [5, 5.41) is 0. The number of methoxy groups -OCH3 is 1. The Bertz CT molecular complexity index is 795. The van der Waals surface area contributed by atoms with E-state index in [9.17, 15) is 4.39 Å². The molecule has 3 rings (SSSR count). The molecule has 102 valence electrons. The van der Waals surface area contributed by atoms with Crippen LogP contribution in [-0.2, 0) is 0 Å². The fourth-order valence-corrected chi connectivity index (χ4v) is 2.32. The summed E-state index contributed by atoms with van der Waals surface area (Å²) >= 11 is 0. The van der Waals surface area contributed by atoms with E-state index in [1.165, 1.54) is 13.2 Å². The van der Waals surface area contributed by atoms with Crippen molar-refractivity contribution in [2.45, 2.75) is 6.92 Å². The molecule has 0 fully saturated rings. The van der Waals surface area contributed by atoms with Gasteiger partial charge in [0.2, 0.25) is 5.95 Å². The van der Waals surface area contributed by atoms with Crippen LogP contribution in [0.25, 0.3) is 16.7 Å². The SMILES string of the molecule is COc1cc2c(cc1F)nc(N)n2-c1ccccc1C. The highest BCUT2D eigenvalue weighted by atomic mass is 19.1. The molecule has 0 radical (unpaired) electrons. The van der Waals surface area contributed by atoms with Gasteiger partial charge in [0.15, 0.2) is 11.6 Å². The van der Waals surface area contributed by atoms with Crippen molar-refractivity contribution in [2.75, 3.05) is 12.8 Å². The van der Waals surface area contributed by atoms with E-state index in [-0.39, 0.29) is 5.75 Å². The summed E-state index contributed by atoms with van der Waals surface area (Å²) in [6.07, 6.45) is 0. The molecule has 0 bridgehead atoms. The molecular formula is C15H14FN3O. The third kappa shape index (κ3) is 1.79. The van der Waals surface area contributed by atoms with Crippen molar-refractivity contribution >= 4 is 17.0 Å². The molecule has 0 atom stereocenters. The van der Waals surface area contributed by atoms with Gasteiger partial charge in [-0.15, -0.1) is 0 Å². The van der Waals surface area contributed by atoms with Crippen molar-refractivity contribution in [3.05, 3.63) is 47.8 Å². The van der Waals surface area contributed by atoms with E-state index < -0.39 is 5.82 Å². The van der Waals surface area contributed by atoms with Gasteiger partial charge in [-0.3, -0.25) is 4.57 Å². The molecule has 0 saturated carbocycles. The second-order valence-electron chi connectivity index (χ2n) is 4.57. The zero-order chi connectivity index (χ0) is 14.3. The van der Waals surface area contributed by atoms with Gasteiger partial charge in [0, 0.05) is 12.1 Å². The summed E-state index contributed by atoms with van der Waals surface area (Å²) in [5.41, 5.74) is 9.18. The molecule has 0 aliphatic carbocycles. The smallest absolute Gasteiger partial charge is 0.205 e. The molecule has 0 unspecified atom stereocenters. The first kappa shape index (κ1) is 12.5. The Kier molecular flexibility index (Phi) is 2.82. The molecule has 2 aromatic carbocycles. The maximum atomic E-state index is 13.7. The summed E-state index contributed by atoms with van der Waals surface area (Å²) in [6.45, 7) is 1.99. The largest absolute Gasteiger partial charge is 0.494 e. The van der Waals surface area contributed by atoms with E-state index >= 15 is 0 Å². The first-order valence-electron chi connectivity index (χ1n) is 6.19. The van der Waals surface area contributed by atoms with Crippen LogP contribution >= 0.6 is 0 Å². The molecule has 20 heavy (non-hydrogen) atoms. The number of anilines is 1. The zero-order valence-electron chi connectivity index (χ0n) is 11.2. The number of hydrogen-bond donors (Lipinski definition) is 1. The van der Waals surface area contributed by atoms with Crippen molar-refractivity contribution in [3.8, 4) is 11.4 Å². The number of nitrogen functional groups attached to an aromatic ring is 1. The highest BCUT2D eigenvalue weighted by Crippen LogP contribution is 2.29. The van der Waals surface area contributed by atoms with Gasteiger partial charge in [0.05, 0.1) is 23.8 Å². The van der Waals surface area contributed by atoms with Crippen molar-refractivity contribution in [2.24, 2.45) is 0 Å². The zero-order valence-corrected chi connectivity index (χ0v) is 11.2. The molecule has 3 aromatic rings. The Morgan fingerprint density at radius 3 is 2.70 bits per heavy atom. The van der Waals surface area contributed by atoms with Crippen molar-refractivity contribution in [1.29, 1.82) is 0 Å². The number of aryl methyl sites for hydroxylation is 1. The Hall–Kier alpha value is -2.56. The second kappa shape index (κ2) is 4.52. The summed E-state index contributed by atoms with van der Waals surface area (Å²) in [5.74, 6) is 0.0450. The number of benzene rings is 2. The van der Waals surface area contributed by atoms with E-state index in [0.717, 1.165) is 16.8 Å². The maximum absolute atomic E-state index is 13.7. The van der Waals surface area contributed by atoms with E-state index in [1.807, 2.05) is 31.2 Å². The van der Waals surface area contributed by atoms with Crippen molar-refractivity contribution in [3.63, 3.8) is 0 Å². The summed E-state index contributed by atoms with van der Waals surface area (Å²) in [7, 11) is 1.43. The number of hydrogen-bond acceptors (Lipinski definition) is 3. The van der Waals surface area contributed by atoms with Crippen LogP contribution in [-0.4, -0.2) is 16.7 Å². The van der Waals surface area contributed by atoms with Crippen molar-refractivity contribution in [1.82, 2.24) is 9.55 Å². The van der Waals surface area contributed by atoms with Crippen LogP contribution in [0.1, 0.15) is 5.56 Å². The highest BCUT2D eigenvalue weighted by molar-refractivity contribution is 5.82. The summed E-state index contributed by atoms with van der Waals surface area (Å²) in [6, 6.07) is 10.8. The lowest BCUT2D eigenvalue weighted by atomic mass is 10.2. The van der Waals surface area contributed by atoms with Crippen LogP contribution in [0.3, 0.4) is 0 Å². The molecular weight excluding hydrogens is 257 g/mol. The molecule has 1 heterocycles. The number of nitrogens with two attached hydrogens (primary N) is 1. The normalized spacial score (nSPS) is 10.9. The lowest BCUT2D eigenvalue weighted by Gasteiger charge is -2.10. The predicted octanol–water partition coefficient (Wildman–Crippen LogP) is 3.06. The molecule has 0 amide bonds. The fraction of sp³-hybridized carbons (Fsp3) is 0.133. The Balaban J connectivity index is 2.36. The Labute approximate surface area is 115 Å². The second-order valence-corrected chi connectivity index (χ2v) is 4.57. The number of para-hydroxylation sites is 1. The third-order valence-corrected chi connectivity index (χ3v) is 3.31. The van der Waals surface area contributed by atoms with Crippen LogP contribution in [0.2, 0.25) is 0 Å². The summed E-state index contributed by atoms with van der Waals surface area (Å²) < 4.78 is 20.6. The first-order chi connectivity index (χ1) is 9.61. The number of imidazole rings is 1. The van der Waals surface area contributed by atoms with Crippen LogP contribution in [0.4, 0.5) is 10.3 Å². The molecule has 0 spiro atoms. The molecule has 2 N–H and O–H groups in total. The molecule has 4 nitrogen and oxygen atoms in total. The van der Waals surface area contributed by atoms with Gasteiger partial charge >= 0.3 is 0 Å². The van der Waals surface area contributed by atoms with Gasteiger partial charge in [-0.05, 0) is 18.6 Å². The quantitative estimate of drug-likeness (QED) is 0.779. The number of aromatic nitrogens is 2. The average Bonchev–Trinajstić information content (AvgIpc) is 2.73. The minimum Gasteiger partial charge on any atom is -0.494 e. The van der Waals surface area contributed by atoms with Gasteiger partial charge in [-0.25, -0.2) is 9.37 Å². The molecule has 0 aliphatic rings. The number of halogens is 1. The average molecular weight is 271 g/mol. The first-order valence-corrected chi connectivity index (χ1v) is 6.19. The predicted molar refractivity (Wildman–Crippen MR) is 76.7 cm³/mol. The van der Waals surface area contributed by atoms with Crippen molar-refractivity contribution < 1.29 is 9.13 Å². The lowest BCUT2D eigenvalue weighted by Crippen LogP contribution is -2.02. The highest BCUT2D eigenvalue weighted by Gasteiger charge is 2.15. The van der Waals surface area contributed by atoms with Gasteiger partial charge < -0.3 is 10.5 Å². The molecule has 0 aliphatic heterocycles. The Morgan fingerprint density at radius 2 is 2.00 bits per heavy atom. The summed E-state index contributed by atoms with van der Waals surface area (Å²) in [4.78, 5) is 4.21. The van der Waals surface area contributed by atoms with Gasteiger partial charge in [0.1, 0.15) is 0 Å². The molecule has 5 heteroatoms. The van der Waals surface area contributed by atoms with Crippen LogP contribution in [0.15, 0.2) is 36.4 Å². The van der Waals surface area contributed by atoms with Gasteiger partial charge in [-0.1, -0.05) is 18.2 Å². The maximum Gasteiger partial charge on any atom is 0.205 e. The number of nitrogens with zero attached hydrogens (tertiary/aromatic N) is 2. The standard InChI is InChI=1S/C15H14FN3O/c1-9-5-3-4-6-12(9)19-13-8-14(20-2)10(16)7-11(13)18-15(19)17/h3-8H,1-2H3,(H2,17,18). The number of rotatable bonds is 2. The fourth-order valence-electron chi connectivity index (χ4n) is 2.32. The van der Waals surface area contributed by atoms with E-state index in [0.29, 0.717) is 11.5 Å². The van der Waals surface area contributed by atoms with Gasteiger partial charge in [0.25, 0.3) is 0 Å². The number of fused-ring (bicyclic) bond motifs is 1. The van der Waals surface area contributed by atoms with Gasteiger partial charge in [-0.2, -0.15) is 0 Å². The van der Waals surface area contributed by atoms with E-state index in [4.69, 9.17) is 10.5 Å².